The monoisotopic (exact) mass is 258 g/mol. The standard InChI is InChI=1S/C12H14N6O/c1-17(2)10(12-16-15-8-18(12)13)7-11(19)9-5-3-4-6-14-9/h3-8H,13H2,1-2H3. The molecule has 0 aliphatic rings. The molecule has 7 nitrogen and oxygen atoms in total. The Morgan fingerprint density at radius 3 is 2.74 bits per heavy atom. The Labute approximate surface area is 110 Å². The number of hydrogen-bond acceptors (Lipinski definition) is 6. The van der Waals surface area contributed by atoms with Crippen LogP contribution < -0.4 is 5.84 Å². The molecule has 0 atom stereocenters. The molecule has 0 bridgehead atoms. The van der Waals surface area contributed by atoms with Crippen molar-refractivity contribution in [2.24, 2.45) is 0 Å². The maximum Gasteiger partial charge on any atom is 0.206 e. The molecule has 0 saturated carbocycles. The molecule has 0 aromatic carbocycles. The highest BCUT2D eigenvalue weighted by atomic mass is 16.1. The van der Waals surface area contributed by atoms with Crippen LogP contribution in [0.25, 0.3) is 5.70 Å². The van der Waals surface area contributed by atoms with Crippen molar-refractivity contribution < 1.29 is 4.79 Å². The summed E-state index contributed by atoms with van der Waals surface area (Å²) in [5.74, 6) is 5.89. The van der Waals surface area contributed by atoms with E-state index in [2.05, 4.69) is 15.2 Å². The van der Waals surface area contributed by atoms with Crippen LogP contribution in [0.5, 0.6) is 0 Å². The van der Waals surface area contributed by atoms with Crippen molar-refractivity contribution in [3.8, 4) is 0 Å². The topological polar surface area (TPSA) is 89.9 Å². The lowest BCUT2D eigenvalue weighted by Gasteiger charge is -2.15. The van der Waals surface area contributed by atoms with Crippen LogP contribution in [0.3, 0.4) is 0 Å². The van der Waals surface area contributed by atoms with Gasteiger partial charge in [0.05, 0.1) is 5.70 Å². The van der Waals surface area contributed by atoms with Gasteiger partial charge in [-0.2, -0.15) is 0 Å². The molecule has 0 spiro atoms. The zero-order valence-corrected chi connectivity index (χ0v) is 10.7. The number of ketones is 1. The average Bonchev–Trinajstić information content (AvgIpc) is 2.82. The van der Waals surface area contributed by atoms with Crippen molar-refractivity contribution in [3.63, 3.8) is 0 Å². The molecule has 2 heterocycles. The Morgan fingerprint density at radius 1 is 1.42 bits per heavy atom. The molecule has 2 aromatic rings. The molecule has 0 radical (unpaired) electrons. The molecule has 0 aliphatic heterocycles. The Balaban J connectivity index is 2.38. The van der Waals surface area contributed by atoms with Crippen molar-refractivity contribution >= 4 is 11.5 Å². The SMILES string of the molecule is CN(C)C(=CC(=O)c1ccccn1)c1nncn1N. The van der Waals surface area contributed by atoms with Crippen LogP contribution in [-0.2, 0) is 0 Å². The second-order valence-electron chi connectivity index (χ2n) is 4.07. The number of nitrogen functional groups attached to an aromatic ring is 1. The molecule has 19 heavy (non-hydrogen) atoms. The van der Waals surface area contributed by atoms with E-state index in [-0.39, 0.29) is 5.78 Å². The third-order valence-electron chi connectivity index (χ3n) is 2.47. The lowest BCUT2D eigenvalue weighted by atomic mass is 10.2. The molecule has 2 N–H and O–H groups in total. The summed E-state index contributed by atoms with van der Waals surface area (Å²) in [6.45, 7) is 0. The fourth-order valence-corrected chi connectivity index (χ4v) is 1.53. The normalized spacial score (nSPS) is 11.4. The summed E-state index contributed by atoms with van der Waals surface area (Å²) in [7, 11) is 3.60. The summed E-state index contributed by atoms with van der Waals surface area (Å²) in [6.07, 6.45) is 4.38. The van der Waals surface area contributed by atoms with Gasteiger partial charge in [0, 0.05) is 26.4 Å². The summed E-state index contributed by atoms with van der Waals surface area (Å²) < 4.78 is 1.26. The molecule has 0 amide bonds. The summed E-state index contributed by atoms with van der Waals surface area (Å²) >= 11 is 0. The number of pyridine rings is 1. The lowest BCUT2D eigenvalue weighted by Crippen LogP contribution is -2.19. The van der Waals surface area contributed by atoms with Crippen LogP contribution in [0, 0.1) is 0 Å². The second kappa shape index (κ2) is 5.30. The summed E-state index contributed by atoms with van der Waals surface area (Å²) in [5, 5.41) is 7.59. The molecule has 2 rings (SSSR count). The number of allylic oxidation sites excluding steroid dienone is 1. The largest absolute Gasteiger partial charge is 0.374 e. The van der Waals surface area contributed by atoms with E-state index in [1.54, 1.807) is 43.4 Å². The molecular weight excluding hydrogens is 244 g/mol. The van der Waals surface area contributed by atoms with Gasteiger partial charge in [0.2, 0.25) is 5.78 Å². The minimum absolute atomic E-state index is 0.215. The smallest absolute Gasteiger partial charge is 0.206 e. The molecule has 2 aromatic heterocycles. The van der Waals surface area contributed by atoms with E-state index >= 15 is 0 Å². The minimum atomic E-state index is -0.215. The van der Waals surface area contributed by atoms with Gasteiger partial charge in [-0.3, -0.25) is 9.78 Å². The zero-order valence-electron chi connectivity index (χ0n) is 10.7. The zero-order chi connectivity index (χ0) is 13.8. The van der Waals surface area contributed by atoms with Crippen molar-refractivity contribution in [2.75, 3.05) is 19.9 Å². The van der Waals surface area contributed by atoms with E-state index in [0.717, 1.165) is 0 Å². The third-order valence-corrected chi connectivity index (χ3v) is 2.47. The van der Waals surface area contributed by atoms with Gasteiger partial charge in [-0.1, -0.05) is 6.07 Å². The summed E-state index contributed by atoms with van der Waals surface area (Å²) in [6, 6.07) is 5.16. The number of carbonyl (C=O) groups excluding carboxylic acids is 1. The van der Waals surface area contributed by atoms with Crippen molar-refractivity contribution in [2.45, 2.75) is 0 Å². The average molecular weight is 258 g/mol. The van der Waals surface area contributed by atoms with Crippen LogP contribution >= 0.6 is 0 Å². The molecule has 0 saturated heterocycles. The first-order valence-corrected chi connectivity index (χ1v) is 5.59. The van der Waals surface area contributed by atoms with Gasteiger partial charge in [-0.05, 0) is 12.1 Å². The molecule has 0 fully saturated rings. The minimum Gasteiger partial charge on any atom is -0.374 e. The number of nitrogens with two attached hydrogens (primary N) is 1. The van der Waals surface area contributed by atoms with Gasteiger partial charge in [-0.15, -0.1) is 10.2 Å². The first-order chi connectivity index (χ1) is 9.09. The first-order valence-electron chi connectivity index (χ1n) is 5.59. The molecule has 0 aliphatic carbocycles. The number of aromatic nitrogens is 4. The number of nitrogens with zero attached hydrogens (tertiary/aromatic N) is 5. The van der Waals surface area contributed by atoms with Gasteiger partial charge < -0.3 is 10.7 Å². The van der Waals surface area contributed by atoms with Gasteiger partial charge in [0.1, 0.15) is 12.0 Å². The molecule has 0 unspecified atom stereocenters. The molecule has 7 heteroatoms. The Kier molecular flexibility index (Phi) is 3.56. The quantitative estimate of drug-likeness (QED) is 0.477. The van der Waals surface area contributed by atoms with Crippen molar-refractivity contribution in [3.05, 3.63) is 48.3 Å². The van der Waals surface area contributed by atoms with E-state index in [1.165, 1.54) is 17.1 Å². The fourth-order valence-electron chi connectivity index (χ4n) is 1.53. The Morgan fingerprint density at radius 2 is 2.21 bits per heavy atom. The molecular formula is C12H14N6O. The van der Waals surface area contributed by atoms with Crippen molar-refractivity contribution in [1.29, 1.82) is 0 Å². The van der Waals surface area contributed by atoms with Crippen LogP contribution in [0.4, 0.5) is 0 Å². The van der Waals surface area contributed by atoms with E-state index in [0.29, 0.717) is 17.2 Å². The van der Waals surface area contributed by atoms with E-state index in [9.17, 15) is 4.79 Å². The van der Waals surface area contributed by atoms with Crippen LogP contribution in [0.1, 0.15) is 16.3 Å². The van der Waals surface area contributed by atoms with E-state index in [4.69, 9.17) is 5.84 Å². The predicted octanol–water partition coefficient (Wildman–Crippen LogP) is 0.172. The highest BCUT2D eigenvalue weighted by molar-refractivity contribution is 6.06. The van der Waals surface area contributed by atoms with Gasteiger partial charge >= 0.3 is 0 Å². The number of carbonyl (C=O) groups is 1. The van der Waals surface area contributed by atoms with E-state index < -0.39 is 0 Å². The van der Waals surface area contributed by atoms with Gasteiger partial charge in [0.15, 0.2) is 5.82 Å². The highest BCUT2D eigenvalue weighted by Gasteiger charge is 2.14. The van der Waals surface area contributed by atoms with Gasteiger partial charge in [-0.25, -0.2) is 4.68 Å². The van der Waals surface area contributed by atoms with Crippen molar-refractivity contribution in [1.82, 2.24) is 24.8 Å². The van der Waals surface area contributed by atoms with E-state index in [1.807, 2.05) is 0 Å². The highest BCUT2D eigenvalue weighted by Crippen LogP contribution is 2.13. The Hall–Kier alpha value is -2.70. The maximum atomic E-state index is 12.1. The second-order valence-corrected chi connectivity index (χ2v) is 4.07. The first kappa shape index (κ1) is 12.7. The van der Waals surface area contributed by atoms with Crippen LogP contribution in [0.15, 0.2) is 36.8 Å². The Bertz CT molecular complexity index is 602. The van der Waals surface area contributed by atoms with Crippen LogP contribution in [0.2, 0.25) is 0 Å². The summed E-state index contributed by atoms with van der Waals surface area (Å²) in [4.78, 5) is 17.9. The maximum absolute atomic E-state index is 12.1. The third kappa shape index (κ3) is 2.76. The van der Waals surface area contributed by atoms with Gasteiger partial charge in [0.25, 0.3) is 0 Å². The van der Waals surface area contributed by atoms with Crippen LogP contribution in [-0.4, -0.2) is 44.6 Å². The lowest BCUT2D eigenvalue weighted by molar-refractivity contribution is 0.104. The number of rotatable bonds is 4. The fraction of sp³-hybridized carbons (Fsp3) is 0.167. The summed E-state index contributed by atoms with van der Waals surface area (Å²) in [5.41, 5.74) is 0.931. The predicted molar refractivity (Wildman–Crippen MR) is 70.4 cm³/mol. The molecule has 98 valence electrons. The number of hydrogen-bond donors (Lipinski definition) is 1.